The summed E-state index contributed by atoms with van der Waals surface area (Å²) in [6, 6.07) is 5.94. The fraction of sp³-hybridized carbons (Fsp3) is 0. The Morgan fingerprint density at radius 3 is 2.89 bits per heavy atom. The summed E-state index contributed by atoms with van der Waals surface area (Å²) in [7, 11) is 0. The molecular weight excluding hydrogens is 290 g/mol. The number of halogens is 1. The molecule has 0 saturated heterocycles. The van der Waals surface area contributed by atoms with Gasteiger partial charge in [0.2, 0.25) is 0 Å². The molecule has 0 amide bonds. The van der Waals surface area contributed by atoms with Gasteiger partial charge in [0, 0.05) is 12.3 Å². The van der Waals surface area contributed by atoms with Gasteiger partial charge in [-0.15, -0.1) is 0 Å². The van der Waals surface area contributed by atoms with Gasteiger partial charge in [0.15, 0.2) is 0 Å². The molecule has 0 bridgehead atoms. The molecule has 7 nitrogen and oxygen atoms in total. The van der Waals surface area contributed by atoms with Crippen molar-refractivity contribution < 1.29 is 4.92 Å². The molecule has 0 fully saturated rings. The van der Waals surface area contributed by atoms with Crippen LogP contribution in [0.25, 0.3) is 0 Å². The van der Waals surface area contributed by atoms with E-state index in [2.05, 4.69) is 15.4 Å². The van der Waals surface area contributed by atoms with Crippen LogP contribution >= 0.6 is 23.4 Å². The summed E-state index contributed by atoms with van der Waals surface area (Å²) in [5.41, 5.74) is 2.17. The number of nitro groups is 1. The van der Waals surface area contributed by atoms with Crippen LogP contribution in [0.3, 0.4) is 0 Å². The molecule has 98 valence electrons. The normalized spacial score (nSPS) is 10.2. The Balaban J connectivity index is 2.37. The SMILES string of the molecule is NNc1cc([N+](=O)[O-])cc(Sc2ncccc2Cl)n1. The lowest BCUT2D eigenvalue weighted by Crippen LogP contribution is -2.09. The number of hydrazine groups is 1. The van der Waals surface area contributed by atoms with Crippen LogP contribution in [-0.4, -0.2) is 14.9 Å². The molecule has 2 rings (SSSR count). The van der Waals surface area contributed by atoms with Crippen LogP contribution in [0, 0.1) is 10.1 Å². The second-order valence-electron chi connectivity index (χ2n) is 3.34. The van der Waals surface area contributed by atoms with Crippen LogP contribution in [-0.2, 0) is 0 Å². The molecule has 2 heterocycles. The molecule has 9 heteroatoms. The lowest BCUT2D eigenvalue weighted by molar-refractivity contribution is -0.385. The van der Waals surface area contributed by atoms with Gasteiger partial charge in [0.05, 0.1) is 16.0 Å². The van der Waals surface area contributed by atoms with E-state index in [1.54, 1.807) is 18.3 Å². The van der Waals surface area contributed by atoms with E-state index in [0.717, 1.165) is 11.8 Å². The van der Waals surface area contributed by atoms with E-state index < -0.39 is 4.92 Å². The Morgan fingerprint density at radius 1 is 1.47 bits per heavy atom. The van der Waals surface area contributed by atoms with Gasteiger partial charge in [-0.1, -0.05) is 11.6 Å². The molecule has 0 atom stereocenters. The van der Waals surface area contributed by atoms with Crippen molar-refractivity contribution in [1.29, 1.82) is 0 Å². The van der Waals surface area contributed by atoms with Gasteiger partial charge in [-0.3, -0.25) is 10.1 Å². The number of nitrogens with zero attached hydrogens (tertiary/aromatic N) is 3. The standard InChI is InChI=1S/C10H8ClN5O2S/c11-7-2-1-3-13-10(7)19-9-5-6(16(17)18)4-8(14-9)15-12/h1-5H,12H2,(H,14,15). The predicted molar refractivity (Wildman–Crippen MR) is 72.1 cm³/mol. The molecule has 2 aromatic heterocycles. The van der Waals surface area contributed by atoms with Crippen LogP contribution in [0.5, 0.6) is 0 Å². The van der Waals surface area contributed by atoms with E-state index in [1.807, 2.05) is 0 Å². The Labute approximate surface area is 117 Å². The van der Waals surface area contributed by atoms with Gasteiger partial charge in [-0.05, 0) is 23.9 Å². The minimum Gasteiger partial charge on any atom is -0.308 e. The zero-order chi connectivity index (χ0) is 13.8. The Bertz CT molecular complexity index is 625. The second-order valence-corrected chi connectivity index (χ2v) is 4.76. The summed E-state index contributed by atoms with van der Waals surface area (Å²) in [4.78, 5) is 18.4. The molecule has 0 unspecified atom stereocenters. The fourth-order valence-electron chi connectivity index (χ4n) is 1.27. The zero-order valence-electron chi connectivity index (χ0n) is 9.41. The van der Waals surface area contributed by atoms with Gasteiger partial charge in [0.1, 0.15) is 15.9 Å². The molecule has 0 spiro atoms. The maximum Gasteiger partial charge on any atom is 0.275 e. The number of nitrogens with one attached hydrogen (secondary N) is 1. The maximum atomic E-state index is 10.8. The smallest absolute Gasteiger partial charge is 0.275 e. The van der Waals surface area contributed by atoms with Gasteiger partial charge < -0.3 is 5.43 Å². The van der Waals surface area contributed by atoms with Gasteiger partial charge in [-0.2, -0.15) is 0 Å². The van der Waals surface area contributed by atoms with Crippen molar-refractivity contribution in [3.05, 3.63) is 45.6 Å². The first-order valence-electron chi connectivity index (χ1n) is 5.01. The fourth-order valence-corrected chi connectivity index (χ4v) is 2.31. The molecule has 0 aromatic carbocycles. The Kier molecular flexibility index (Phi) is 4.15. The van der Waals surface area contributed by atoms with Crippen molar-refractivity contribution >= 4 is 34.9 Å². The monoisotopic (exact) mass is 297 g/mol. The summed E-state index contributed by atoms with van der Waals surface area (Å²) in [5, 5.41) is 12.1. The quantitative estimate of drug-likeness (QED) is 0.507. The number of nitrogen functional groups attached to an aromatic ring is 1. The predicted octanol–water partition coefficient (Wildman–Crippen LogP) is 2.48. The highest BCUT2D eigenvalue weighted by atomic mass is 35.5. The third kappa shape index (κ3) is 3.31. The average molecular weight is 298 g/mol. The van der Waals surface area contributed by atoms with Crippen LogP contribution in [0.2, 0.25) is 5.02 Å². The minimum absolute atomic E-state index is 0.113. The lowest BCUT2D eigenvalue weighted by Gasteiger charge is -2.04. The molecule has 0 saturated carbocycles. The van der Waals surface area contributed by atoms with Crippen LogP contribution in [0.1, 0.15) is 0 Å². The van der Waals surface area contributed by atoms with Crippen molar-refractivity contribution in [1.82, 2.24) is 9.97 Å². The zero-order valence-corrected chi connectivity index (χ0v) is 11.0. The summed E-state index contributed by atoms with van der Waals surface area (Å²) in [6.07, 6.45) is 1.58. The van der Waals surface area contributed by atoms with E-state index >= 15 is 0 Å². The van der Waals surface area contributed by atoms with Crippen molar-refractivity contribution in [2.75, 3.05) is 5.43 Å². The van der Waals surface area contributed by atoms with Gasteiger partial charge in [0.25, 0.3) is 5.69 Å². The highest BCUT2D eigenvalue weighted by Crippen LogP contribution is 2.32. The third-order valence-electron chi connectivity index (χ3n) is 2.07. The summed E-state index contributed by atoms with van der Waals surface area (Å²) >= 11 is 7.09. The molecule has 0 aliphatic rings. The number of nitrogens with two attached hydrogens (primary N) is 1. The number of aromatic nitrogens is 2. The van der Waals surface area contributed by atoms with Gasteiger partial charge >= 0.3 is 0 Å². The molecule has 0 aliphatic heterocycles. The second kappa shape index (κ2) is 5.83. The van der Waals surface area contributed by atoms with E-state index in [9.17, 15) is 10.1 Å². The molecule has 3 N–H and O–H groups in total. The summed E-state index contributed by atoms with van der Waals surface area (Å²) < 4.78 is 0. The van der Waals surface area contributed by atoms with Crippen molar-refractivity contribution in [2.45, 2.75) is 10.1 Å². The van der Waals surface area contributed by atoms with Crippen molar-refractivity contribution in [2.24, 2.45) is 5.84 Å². The van der Waals surface area contributed by atoms with Crippen LogP contribution in [0.15, 0.2) is 40.5 Å². The first-order valence-corrected chi connectivity index (χ1v) is 6.21. The largest absolute Gasteiger partial charge is 0.308 e. The number of anilines is 1. The van der Waals surface area contributed by atoms with E-state index in [0.29, 0.717) is 15.1 Å². The van der Waals surface area contributed by atoms with Crippen molar-refractivity contribution in [3.63, 3.8) is 0 Å². The number of hydrogen-bond donors (Lipinski definition) is 2. The average Bonchev–Trinajstić information content (AvgIpc) is 2.41. The van der Waals surface area contributed by atoms with E-state index in [4.69, 9.17) is 17.4 Å². The van der Waals surface area contributed by atoms with Crippen LogP contribution in [0.4, 0.5) is 11.5 Å². The summed E-state index contributed by atoms with van der Waals surface area (Å²) in [5.74, 6) is 5.42. The number of rotatable bonds is 4. The Hall–Kier alpha value is -1.90. The van der Waals surface area contributed by atoms with Crippen molar-refractivity contribution in [3.8, 4) is 0 Å². The highest BCUT2D eigenvalue weighted by Gasteiger charge is 2.13. The maximum absolute atomic E-state index is 10.8. The first-order chi connectivity index (χ1) is 9.10. The number of hydrogen-bond acceptors (Lipinski definition) is 7. The Morgan fingerprint density at radius 2 is 2.26 bits per heavy atom. The van der Waals surface area contributed by atoms with Crippen LogP contribution < -0.4 is 11.3 Å². The summed E-state index contributed by atoms with van der Waals surface area (Å²) in [6.45, 7) is 0. The molecule has 0 radical (unpaired) electrons. The molecule has 2 aromatic rings. The minimum atomic E-state index is -0.521. The van der Waals surface area contributed by atoms with Gasteiger partial charge in [-0.25, -0.2) is 15.8 Å². The number of pyridine rings is 2. The molecular formula is C10H8ClN5O2S. The first kappa shape index (κ1) is 13.5. The highest BCUT2D eigenvalue weighted by molar-refractivity contribution is 7.99. The van der Waals surface area contributed by atoms with E-state index in [1.165, 1.54) is 12.1 Å². The third-order valence-corrected chi connectivity index (χ3v) is 3.43. The molecule has 19 heavy (non-hydrogen) atoms. The van der Waals surface area contributed by atoms with E-state index in [-0.39, 0.29) is 11.5 Å². The lowest BCUT2D eigenvalue weighted by atomic mass is 10.4. The topological polar surface area (TPSA) is 107 Å². The molecule has 0 aliphatic carbocycles.